The van der Waals surface area contributed by atoms with Gasteiger partial charge < -0.3 is 4.74 Å². The molecule has 0 bridgehead atoms. The molecule has 1 aromatic rings. The lowest BCUT2D eigenvalue weighted by atomic mass is 9.52. The monoisotopic (exact) mass is 269 g/mol. The van der Waals surface area contributed by atoms with E-state index in [1.165, 1.54) is 19.3 Å². The van der Waals surface area contributed by atoms with Gasteiger partial charge in [-0.05, 0) is 49.7 Å². The van der Waals surface area contributed by atoms with Gasteiger partial charge in [-0.15, -0.1) is 0 Å². The first-order valence-electron chi connectivity index (χ1n) is 7.37. The number of hydrogen-bond acceptors (Lipinski definition) is 3. The molecule has 0 amide bonds. The van der Waals surface area contributed by atoms with Crippen LogP contribution in [0.4, 0.5) is 0 Å². The van der Waals surface area contributed by atoms with Gasteiger partial charge in [-0.25, -0.2) is 4.79 Å². The Bertz CT molecular complexity index is 522. The lowest BCUT2D eigenvalue weighted by Crippen LogP contribution is -2.46. The zero-order valence-electron chi connectivity index (χ0n) is 11.5. The van der Waals surface area contributed by atoms with Gasteiger partial charge in [0.2, 0.25) is 0 Å². The molecule has 2 fully saturated rings. The van der Waals surface area contributed by atoms with E-state index in [0.717, 1.165) is 12.8 Å². The Morgan fingerprint density at radius 2 is 2.00 bits per heavy atom. The maximum absolute atomic E-state index is 11.8. The topological polar surface area (TPSA) is 50.1 Å². The van der Waals surface area contributed by atoms with Gasteiger partial charge in [-0.2, -0.15) is 5.26 Å². The number of nitriles is 1. The molecule has 2 aliphatic rings. The summed E-state index contributed by atoms with van der Waals surface area (Å²) in [4.78, 5) is 11.8. The van der Waals surface area contributed by atoms with Crippen molar-refractivity contribution in [2.24, 2.45) is 17.3 Å². The molecular formula is C17H19NO2. The standard InChI is InChI=1S/C17H19NO2/c18-12-17(15-7-4-8-15)9-13(10-17)11-20-16(19)14-5-2-1-3-6-14/h1-3,5-6,13,15H,4,7-11H2. The molecule has 1 aromatic carbocycles. The Labute approximate surface area is 119 Å². The molecule has 0 unspecified atom stereocenters. The van der Waals surface area contributed by atoms with Crippen LogP contribution in [-0.2, 0) is 4.74 Å². The Morgan fingerprint density at radius 3 is 2.55 bits per heavy atom. The lowest BCUT2D eigenvalue weighted by molar-refractivity contribution is -0.0268. The fraction of sp³-hybridized carbons (Fsp3) is 0.529. The summed E-state index contributed by atoms with van der Waals surface area (Å²) in [6, 6.07) is 11.6. The number of benzene rings is 1. The van der Waals surface area contributed by atoms with Crippen LogP contribution in [0, 0.1) is 28.6 Å². The molecular weight excluding hydrogens is 250 g/mol. The highest BCUT2D eigenvalue weighted by atomic mass is 16.5. The summed E-state index contributed by atoms with van der Waals surface area (Å²) in [7, 11) is 0. The van der Waals surface area contributed by atoms with Gasteiger partial charge in [-0.3, -0.25) is 0 Å². The summed E-state index contributed by atoms with van der Waals surface area (Å²) in [5.74, 6) is 0.695. The van der Waals surface area contributed by atoms with E-state index in [9.17, 15) is 10.1 Å². The first-order chi connectivity index (χ1) is 9.73. The van der Waals surface area contributed by atoms with Crippen molar-refractivity contribution in [1.29, 1.82) is 5.26 Å². The van der Waals surface area contributed by atoms with Crippen LogP contribution >= 0.6 is 0 Å². The molecule has 3 rings (SSSR count). The first-order valence-corrected chi connectivity index (χ1v) is 7.37. The summed E-state index contributed by atoms with van der Waals surface area (Å²) >= 11 is 0. The predicted molar refractivity (Wildman–Crippen MR) is 74.8 cm³/mol. The van der Waals surface area contributed by atoms with Crippen LogP contribution in [0.2, 0.25) is 0 Å². The second-order valence-corrected chi connectivity index (χ2v) is 6.13. The third kappa shape index (κ3) is 2.31. The van der Waals surface area contributed by atoms with E-state index >= 15 is 0 Å². The number of rotatable bonds is 4. The maximum Gasteiger partial charge on any atom is 0.338 e. The summed E-state index contributed by atoms with van der Waals surface area (Å²) in [5, 5.41) is 9.39. The minimum Gasteiger partial charge on any atom is -0.462 e. The molecule has 2 saturated carbocycles. The number of hydrogen-bond donors (Lipinski definition) is 0. The average Bonchev–Trinajstić information content (AvgIpc) is 2.39. The van der Waals surface area contributed by atoms with E-state index in [-0.39, 0.29) is 11.4 Å². The number of carbonyl (C=O) groups is 1. The fourth-order valence-electron chi connectivity index (χ4n) is 3.42. The third-order valence-electron chi connectivity index (χ3n) is 4.87. The highest BCUT2D eigenvalue weighted by molar-refractivity contribution is 5.89. The quantitative estimate of drug-likeness (QED) is 0.785. The van der Waals surface area contributed by atoms with Crippen molar-refractivity contribution in [2.75, 3.05) is 6.61 Å². The van der Waals surface area contributed by atoms with Crippen molar-refractivity contribution >= 4 is 5.97 Å². The number of esters is 1. The smallest absolute Gasteiger partial charge is 0.338 e. The van der Waals surface area contributed by atoms with Crippen molar-refractivity contribution in [3.63, 3.8) is 0 Å². The van der Waals surface area contributed by atoms with Gasteiger partial charge in [0.1, 0.15) is 0 Å². The molecule has 3 nitrogen and oxygen atoms in total. The Kier molecular flexibility index (Phi) is 3.48. The molecule has 0 radical (unpaired) electrons. The van der Waals surface area contributed by atoms with Crippen LogP contribution in [-0.4, -0.2) is 12.6 Å². The van der Waals surface area contributed by atoms with Gasteiger partial charge in [0.25, 0.3) is 0 Å². The number of ether oxygens (including phenoxy) is 1. The van der Waals surface area contributed by atoms with Crippen LogP contribution < -0.4 is 0 Å². The second-order valence-electron chi connectivity index (χ2n) is 6.13. The van der Waals surface area contributed by atoms with Crippen molar-refractivity contribution in [3.05, 3.63) is 35.9 Å². The zero-order chi connectivity index (χ0) is 14.0. The Morgan fingerprint density at radius 1 is 1.30 bits per heavy atom. The maximum atomic E-state index is 11.8. The molecule has 0 aliphatic heterocycles. The molecule has 0 atom stereocenters. The Balaban J connectivity index is 1.47. The van der Waals surface area contributed by atoms with Crippen molar-refractivity contribution in [1.82, 2.24) is 0 Å². The Hall–Kier alpha value is -1.82. The van der Waals surface area contributed by atoms with E-state index in [1.807, 2.05) is 18.2 Å². The van der Waals surface area contributed by atoms with Gasteiger partial charge in [0, 0.05) is 0 Å². The highest BCUT2D eigenvalue weighted by Gasteiger charge is 2.51. The zero-order valence-corrected chi connectivity index (χ0v) is 11.5. The van der Waals surface area contributed by atoms with Crippen LogP contribution in [0.1, 0.15) is 42.5 Å². The molecule has 0 spiro atoms. The van der Waals surface area contributed by atoms with Gasteiger partial charge in [-0.1, -0.05) is 24.6 Å². The summed E-state index contributed by atoms with van der Waals surface area (Å²) < 4.78 is 5.35. The van der Waals surface area contributed by atoms with E-state index in [1.54, 1.807) is 12.1 Å². The van der Waals surface area contributed by atoms with Crippen molar-refractivity contribution in [3.8, 4) is 6.07 Å². The lowest BCUT2D eigenvalue weighted by Gasteiger charge is -2.50. The predicted octanol–water partition coefficient (Wildman–Crippen LogP) is 3.56. The molecule has 20 heavy (non-hydrogen) atoms. The molecule has 3 heteroatoms. The summed E-state index contributed by atoms with van der Waals surface area (Å²) in [6.07, 6.45) is 5.46. The van der Waals surface area contributed by atoms with E-state index in [2.05, 4.69) is 6.07 Å². The van der Waals surface area contributed by atoms with Gasteiger partial charge >= 0.3 is 5.97 Å². The highest BCUT2D eigenvalue weighted by Crippen LogP contribution is 2.56. The molecule has 0 saturated heterocycles. The first kappa shape index (κ1) is 13.2. The molecule has 2 aliphatic carbocycles. The largest absolute Gasteiger partial charge is 0.462 e. The molecule has 0 heterocycles. The third-order valence-corrected chi connectivity index (χ3v) is 4.87. The normalized spacial score (nSPS) is 28.9. The van der Waals surface area contributed by atoms with Crippen molar-refractivity contribution < 1.29 is 9.53 Å². The van der Waals surface area contributed by atoms with E-state index < -0.39 is 0 Å². The molecule has 0 aromatic heterocycles. The number of carbonyl (C=O) groups excluding carboxylic acids is 1. The van der Waals surface area contributed by atoms with Crippen LogP contribution in [0.25, 0.3) is 0 Å². The van der Waals surface area contributed by atoms with Crippen LogP contribution in [0.3, 0.4) is 0 Å². The van der Waals surface area contributed by atoms with Crippen LogP contribution in [0.15, 0.2) is 30.3 Å². The van der Waals surface area contributed by atoms with E-state index in [4.69, 9.17) is 4.74 Å². The van der Waals surface area contributed by atoms with E-state index in [0.29, 0.717) is 24.0 Å². The fourth-order valence-corrected chi connectivity index (χ4v) is 3.42. The van der Waals surface area contributed by atoms with Crippen LogP contribution in [0.5, 0.6) is 0 Å². The molecule has 0 N–H and O–H groups in total. The number of nitrogens with zero attached hydrogens (tertiary/aromatic N) is 1. The SMILES string of the molecule is N#CC1(C2CCC2)CC(COC(=O)c2ccccc2)C1. The average molecular weight is 269 g/mol. The summed E-state index contributed by atoms with van der Waals surface area (Å²) in [5.41, 5.74) is 0.486. The second kappa shape index (κ2) is 5.28. The summed E-state index contributed by atoms with van der Waals surface area (Å²) in [6.45, 7) is 0.448. The molecule has 104 valence electrons. The van der Waals surface area contributed by atoms with Gasteiger partial charge in [0.15, 0.2) is 0 Å². The van der Waals surface area contributed by atoms with Gasteiger partial charge in [0.05, 0.1) is 23.7 Å². The minimum atomic E-state index is -0.260. The minimum absolute atomic E-state index is 0.109. The van der Waals surface area contributed by atoms with Crippen molar-refractivity contribution in [2.45, 2.75) is 32.1 Å².